The fourth-order valence-corrected chi connectivity index (χ4v) is 1.16. The average Bonchev–Trinajstić information content (AvgIpc) is 2.37. The summed E-state index contributed by atoms with van der Waals surface area (Å²) in [5.41, 5.74) is 0. The monoisotopic (exact) mass is 154 g/mol. The SMILES string of the molecule is O=C=NCCN1CCCC1=O. The van der Waals surface area contributed by atoms with Crippen molar-refractivity contribution in [2.24, 2.45) is 4.99 Å². The zero-order valence-electron chi connectivity index (χ0n) is 6.25. The molecule has 1 aliphatic heterocycles. The Bertz CT molecular complexity index is 197. The van der Waals surface area contributed by atoms with Crippen LogP contribution in [0, 0.1) is 0 Å². The highest BCUT2D eigenvalue weighted by Gasteiger charge is 2.18. The maximum Gasteiger partial charge on any atom is 0.235 e. The van der Waals surface area contributed by atoms with Crippen LogP contribution in [0.3, 0.4) is 0 Å². The van der Waals surface area contributed by atoms with Crippen LogP contribution in [0.5, 0.6) is 0 Å². The summed E-state index contributed by atoms with van der Waals surface area (Å²) in [4.78, 5) is 25.7. The molecule has 0 aliphatic carbocycles. The lowest BCUT2D eigenvalue weighted by Gasteiger charge is -2.12. The Morgan fingerprint density at radius 2 is 2.45 bits per heavy atom. The normalized spacial score (nSPS) is 16.7. The summed E-state index contributed by atoms with van der Waals surface area (Å²) in [6.07, 6.45) is 3.02. The first-order valence-corrected chi connectivity index (χ1v) is 3.66. The fourth-order valence-electron chi connectivity index (χ4n) is 1.16. The minimum Gasteiger partial charge on any atom is -0.341 e. The predicted molar refractivity (Wildman–Crippen MR) is 38.8 cm³/mol. The fraction of sp³-hybridized carbons (Fsp3) is 0.714. The Balaban J connectivity index is 2.25. The molecule has 0 atom stereocenters. The number of hydrogen-bond donors (Lipinski definition) is 0. The van der Waals surface area contributed by atoms with E-state index in [0.717, 1.165) is 13.0 Å². The van der Waals surface area contributed by atoms with E-state index in [2.05, 4.69) is 4.99 Å². The third-order valence-electron chi connectivity index (χ3n) is 1.72. The Labute approximate surface area is 64.9 Å². The van der Waals surface area contributed by atoms with Gasteiger partial charge >= 0.3 is 0 Å². The molecule has 4 nitrogen and oxygen atoms in total. The number of rotatable bonds is 3. The molecule has 1 amide bonds. The van der Waals surface area contributed by atoms with Gasteiger partial charge in [-0.2, -0.15) is 0 Å². The standard InChI is InChI=1S/C7H10N2O2/c10-6-8-3-5-9-4-1-2-7(9)11/h1-5H2. The maximum atomic E-state index is 11.0. The van der Waals surface area contributed by atoms with Gasteiger partial charge in [-0.25, -0.2) is 9.79 Å². The van der Waals surface area contributed by atoms with Crippen molar-refractivity contribution in [3.05, 3.63) is 0 Å². The summed E-state index contributed by atoms with van der Waals surface area (Å²) in [6, 6.07) is 0. The van der Waals surface area contributed by atoms with Gasteiger partial charge in [0, 0.05) is 19.5 Å². The Hall–Kier alpha value is -1.15. The van der Waals surface area contributed by atoms with Gasteiger partial charge in [-0.15, -0.1) is 0 Å². The first-order chi connectivity index (χ1) is 5.34. The quantitative estimate of drug-likeness (QED) is 0.422. The van der Waals surface area contributed by atoms with E-state index >= 15 is 0 Å². The highest BCUT2D eigenvalue weighted by Crippen LogP contribution is 2.07. The van der Waals surface area contributed by atoms with Gasteiger partial charge in [0.1, 0.15) is 0 Å². The second-order valence-corrected chi connectivity index (χ2v) is 2.46. The molecule has 1 fully saturated rings. The summed E-state index contributed by atoms with van der Waals surface area (Å²) >= 11 is 0. The van der Waals surface area contributed by atoms with E-state index in [4.69, 9.17) is 0 Å². The highest BCUT2D eigenvalue weighted by atomic mass is 16.2. The summed E-state index contributed by atoms with van der Waals surface area (Å²) in [5.74, 6) is 0.172. The van der Waals surface area contributed by atoms with Gasteiger partial charge in [-0.1, -0.05) is 0 Å². The minimum absolute atomic E-state index is 0.172. The lowest BCUT2D eigenvalue weighted by atomic mass is 10.4. The van der Waals surface area contributed by atoms with Crippen LogP contribution < -0.4 is 0 Å². The molecule has 0 aromatic rings. The zero-order valence-corrected chi connectivity index (χ0v) is 6.25. The van der Waals surface area contributed by atoms with E-state index in [0.29, 0.717) is 19.5 Å². The van der Waals surface area contributed by atoms with Crippen molar-refractivity contribution >= 4 is 12.0 Å². The van der Waals surface area contributed by atoms with Crippen molar-refractivity contribution in [1.82, 2.24) is 4.90 Å². The van der Waals surface area contributed by atoms with E-state index in [1.165, 1.54) is 6.08 Å². The molecular weight excluding hydrogens is 144 g/mol. The smallest absolute Gasteiger partial charge is 0.235 e. The number of carbonyl (C=O) groups excluding carboxylic acids is 2. The molecule has 1 heterocycles. The van der Waals surface area contributed by atoms with Crippen molar-refractivity contribution in [2.75, 3.05) is 19.6 Å². The van der Waals surface area contributed by atoms with Gasteiger partial charge in [-0.3, -0.25) is 4.79 Å². The van der Waals surface area contributed by atoms with Crippen molar-refractivity contribution in [3.63, 3.8) is 0 Å². The molecule has 1 rings (SSSR count). The largest absolute Gasteiger partial charge is 0.341 e. The van der Waals surface area contributed by atoms with Crippen LogP contribution in [-0.2, 0) is 9.59 Å². The Kier molecular flexibility index (Phi) is 2.81. The summed E-state index contributed by atoms with van der Waals surface area (Å²) in [6.45, 7) is 1.76. The first kappa shape index (κ1) is 7.95. The third kappa shape index (κ3) is 2.16. The first-order valence-electron chi connectivity index (χ1n) is 3.66. The number of hydrogen-bond acceptors (Lipinski definition) is 3. The van der Waals surface area contributed by atoms with E-state index in [1.807, 2.05) is 0 Å². The van der Waals surface area contributed by atoms with Crippen molar-refractivity contribution in [3.8, 4) is 0 Å². The maximum absolute atomic E-state index is 11.0. The third-order valence-corrected chi connectivity index (χ3v) is 1.72. The number of aliphatic imine (C=N–C) groups is 1. The predicted octanol–water partition coefficient (Wildman–Crippen LogP) is -0.0554. The van der Waals surface area contributed by atoms with Crippen molar-refractivity contribution < 1.29 is 9.59 Å². The van der Waals surface area contributed by atoms with Gasteiger partial charge in [0.15, 0.2) is 0 Å². The molecule has 1 saturated heterocycles. The summed E-state index contributed by atoms with van der Waals surface area (Å²) in [7, 11) is 0. The van der Waals surface area contributed by atoms with E-state index in [-0.39, 0.29) is 5.91 Å². The van der Waals surface area contributed by atoms with Gasteiger partial charge in [-0.05, 0) is 6.42 Å². The second kappa shape index (κ2) is 3.88. The van der Waals surface area contributed by atoms with E-state index < -0.39 is 0 Å². The molecule has 0 aromatic carbocycles. The van der Waals surface area contributed by atoms with Crippen LogP contribution in [0.2, 0.25) is 0 Å². The van der Waals surface area contributed by atoms with E-state index in [9.17, 15) is 9.59 Å². The average molecular weight is 154 g/mol. The molecule has 0 N–H and O–H groups in total. The van der Waals surface area contributed by atoms with Crippen molar-refractivity contribution in [2.45, 2.75) is 12.8 Å². The molecule has 0 spiro atoms. The molecule has 60 valence electrons. The molecule has 0 unspecified atom stereocenters. The summed E-state index contributed by atoms with van der Waals surface area (Å²) < 4.78 is 0. The molecule has 0 radical (unpaired) electrons. The Morgan fingerprint density at radius 1 is 1.64 bits per heavy atom. The Morgan fingerprint density at radius 3 is 3.00 bits per heavy atom. The molecule has 0 aromatic heterocycles. The molecule has 0 saturated carbocycles. The second-order valence-electron chi connectivity index (χ2n) is 2.46. The number of nitrogens with zero attached hydrogens (tertiary/aromatic N) is 2. The minimum atomic E-state index is 0.172. The highest BCUT2D eigenvalue weighted by molar-refractivity contribution is 5.78. The van der Waals surface area contributed by atoms with Crippen LogP contribution >= 0.6 is 0 Å². The molecule has 0 bridgehead atoms. The molecule has 1 aliphatic rings. The lowest BCUT2D eigenvalue weighted by Crippen LogP contribution is -2.27. The van der Waals surface area contributed by atoms with Gasteiger partial charge in [0.2, 0.25) is 12.0 Å². The van der Waals surface area contributed by atoms with Gasteiger partial charge in [0.05, 0.1) is 6.54 Å². The molecule has 4 heteroatoms. The van der Waals surface area contributed by atoms with Crippen LogP contribution in [0.15, 0.2) is 4.99 Å². The molecule has 11 heavy (non-hydrogen) atoms. The van der Waals surface area contributed by atoms with Gasteiger partial charge in [0.25, 0.3) is 0 Å². The zero-order chi connectivity index (χ0) is 8.10. The number of isocyanates is 1. The summed E-state index contributed by atoms with van der Waals surface area (Å²) in [5, 5.41) is 0. The van der Waals surface area contributed by atoms with Crippen LogP contribution in [0.25, 0.3) is 0 Å². The van der Waals surface area contributed by atoms with Crippen LogP contribution in [0.4, 0.5) is 0 Å². The van der Waals surface area contributed by atoms with Gasteiger partial charge < -0.3 is 4.90 Å². The lowest BCUT2D eigenvalue weighted by molar-refractivity contribution is -0.127. The van der Waals surface area contributed by atoms with Crippen LogP contribution in [0.1, 0.15) is 12.8 Å². The molecular formula is C7H10N2O2. The number of amides is 1. The topological polar surface area (TPSA) is 49.7 Å². The number of likely N-dealkylation sites (tertiary alicyclic amines) is 1. The van der Waals surface area contributed by atoms with Crippen LogP contribution in [-0.4, -0.2) is 36.5 Å². The number of carbonyl (C=O) groups is 1. The van der Waals surface area contributed by atoms with Crippen molar-refractivity contribution in [1.29, 1.82) is 0 Å². The van der Waals surface area contributed by atoms with E-state index in [1.54, 1.807) is 4.90 Å².